The second-order valence-corrected chi connectivity index (χ2v) is 6.45. The van der Waals surface area contributed by atoms with Gasteiger partial charge in [-0.05, 0) is 31.5 Å². The van der Waals surface area contributed by atoms with Gasteiger partial charge >= 0.3 is 0 Å². The van der Waals surface area contributed by atoms with E-state index in [1.807, 2.05) is 32.0 Å². The van der Waals surface area contributed by atoms with E-state index >= 15 is 0 Å². The quantitative estimate of drug-likeness (QED) is 0.917. The second-order valence-electron chi connectivity index (χ2n) is 6.45. The van der Waals surface area contributed by atoms with E-state index < -0.39 is 6.10 Å². The van der Waals surface area contributed by atoms with Gasteiger partial charge in [-0.3, -0.25) is 4.90 Å². The van der Waals surface area contributed by atoms with Crippen LogP contribution >= 0.6 is 0 Å². The van der Waals surface area contributed by atoms with Crippen molar-refractivity contribution in [3.05, 3.63) is 53.0 Å². The molecule has 2 heterocycles. The predicted molar refractivity (Wildman–Crippen MR) is 96.3 cm³/mol. The van der Waals surface area contributed by atoms with Crippen LogP contribution in [0.15, 0.2) is 30.3 Å². The molecule has 1 unspecified atom stereocenters. The lowest BCUT2D eigenvalue weighted by Crippen LogP contribution is -2.47. The fourth-order valence-corrected chi connectivity index (χ4v) is 3.15. The van der Waals surface area contributed by atoms with Crippen molar-refractivity contribution in [2.75, 3.05) is 37.6 Å². The summed E-state index contributed by atoms with van der Waals surface area (Å²) in [6, 6.07) is 11.3. The molecular formula is C19H23N5O. The first-order chi connectivity index (χ1) is 12.0. The highest BCUT2D eigenvalue weighted by Crippen LogP contribution is 2.18. The maximum atomic E-state index is 10.4. The Bertz CT molecular complexity index is 740. The summed E-state index contributed by atoms with van der Waals surface area (Å²) in [6.07, 6.45) is -0.539. The Kier molecular flexibility index (Phi) is 5.27. The van der Waals surface area contributed by atoms with Gasteiger partial charge in [-0.15, -0.1) is 0 Å². The smallest absolute Gasteiger partial charge is 0.132 e. The molecular weight excluding hydrogens is 314 g/mol. The first-order valence-corrected chi connectivity index (χ1v) is 8.53. The summed E-state index contributed by atoms with van der Waals surface area (Å²) >= 11 is 0. The van der Waals surface area contributed by atoms with Crippen molar-refractivity contribution >= 4 is 5.82 Å². The summed E-state index contributed by atoms with van der Waals surface area (Å²) in [4.78, 5) is 13.4. The van der Waals surface area contributed by atoms with Gasteiger partial charge in [0.15, 0.2) is 0 Å². The number of hydrogen-bond acceptors (Lipinski definition) is 6. The molecule has 1 aromatic heterocycles. The molecule has 2 aromatic rings. The number of benzene rings is 1. The van der Waals surface area contributed by atoms with Gasteiger partial charge in [-0.25, -0.2) is 9.97 Å². The van der Waals surface area contributed by atoms with Gasteiger partial charge in [0.2, 0.25) is 0 Å². The fourth-order valence-electron chi connectivity index (χ4n) is 3.15. The van der Waals surface area contributed by atoms with E-state index in [2.05, 4.69) is 25.8 Å². The highest BCUT2D eigenvalue weighted by molar-refractivity contribution is 5.40. The molecule has 0 bridgehead atoms. The Balaban J connectivity index is 1.56. The molecule has 1 aliphatic rings. The van der Waals surface area contributed by atoms with Crippen molar-refractivity contribution in [3.8, 4) is 6.07 Å². The van der Waals surface area contributed by atoms with Crippen LogP contribution in [0.25, 0.3) is 0 Å². The number of anilines is 1. The zero-order chi connectivity index (χ0) is 17.8. The molecule has 3 rings (SSSR count). The van der Waals surface area contributed by atoms with Crippen LogP contribution in [0.3, 0.4) is 0 Å². The largest absolute Gasteiger partial charge is 0.387 e. The molecule has 0 radical (unpaired) electrons. The summed E-state index contributed by atoms with van der Waals surface area (Å²) in [5.41, 5.74) is 2.45. The van der Waals surface area contributed by atoms with E-state index in [1.54, 1.807) is 12.1 Å². The Morgan fingerprint density at radius 3 is 2.40 bits per heavy atom. The molecule has 25 heavy (non-hydrogen) atoms. The van der Waals surface area contributed by atoms with Crippen molar-refractivity contribution in [1.29, 1.82) is 5.26 Å². The third-order valence-corrected chi connectivity index (χ3v) is 4.50. The van der Waals surface area contributed by atoms with E-state index in [1.165, 1.54) is 0 Å². The zero-order valence-electron chi connectivity index (χ0n) is 14.7. The molecule has 1 atom stereocenters. The molecule has 1 N–H and O–H groups in total. The van der Waals surface area contributed by atoms with Gasteiger partial charge in [0, 0.05) is 44.5 Å². The van der Waals surface area contributed by atoms with E-state index in [4.69, 9.17) is 5.26 Å². The molecule has 0 amide bonds. The van der Waals surface area contributed by atoms with Crippen molar-refractivity contribution < 1.29 is 5.11 Å². The van der Waals surface area contributed by atoms with Crippen molar-refractivity contribution in [2.45, 2.75) is 20.0 Å². The number of nitriles is 1. The van der Waals surface area contributed by atoms with E-state index in [-0.39, 0.29) is 0 Å². The van der Waals surface area contributed by atoms with Gasteiger partial charge in [-0.2, -0.15) is 5.26 Å². The molecule has 1 fully saturated rings. The molecule has 0 spiro atoms. The van der Waals surface area contributed by atoms with E-state index in [9.17, 15) is 5.11 Å². The maximum Gasteiger partial charge on any atom is 0.132 e. The lowest BCUT2D eigenvalue weighted by Gasteiger charge is -2.36. The van der Waals surface area contributed by atoms with Crippen LogP contribution in [-0.4, -0.2) is 52.7 Å². The number of β-amino-alcohol motifs (C(OH)–C–C–N with tert-alkyl or cyclic N) is 1. The van der Waals surface area contributed by atoms with Crippen LogP contribution in [0.1, 0.15) is 28.7 Å². The van der Waals surface area contributed by atoms with Crippen molar-refractivity contribution in [2.24, 2.45) is 0 Å². The Hall–Kier alpha value is -2.49. The number of aryl methyl sites for hydroxylation is 2. The van der Waals surface area contributed by atoms with Gasteiger partial charge in [0.05, 0.1) is 17.7 Å². The average Bonchev–Trinajstić information content (AvgIpc) is 2.61. The van der Waals surface area contributed by atoms with Gasteiger partial charge in [0.25, 0.3) is 0 Å². The highest BCUT2D eigenvalue weighted by atomic mass is 16.3. The first-order valence-electron chi connectivity index (χ1n) is 8.53. The van der Waals surface area contributed by atoms with Crippen LogP contribution in [0.2, 0.25) is 0 Å². The molecule has 6 nitrogen and oxygen atoms in total. The zero-order valence-corrected chi connectivity index (χ0v) is 14.7. The fraction of sp³-hybridized carbons (Fsp3) is 0.421. The van der Waals surface area contributed by atoms with Crippen LogP contribution < -0.4 is 4.90 Å². The predicted octanol–water partition coefficient (Wildman–Crippen LogP) is 1.82. The van der Waals surface area contributed by atoms with Crippen LogP contribution in [0.5, 0.6) is 0 Å². The molecule has 1 saturated heterocycles. The SMILES string of the molecule is Cc1cc(N2CCN(CC(O)c3ccc(C#N)cc3)CC2)nc(C)n1. The van der Waals surface area contributed by atoms with Crippen LogP contribution in [0, 0.1) is 25.2 Å². The number of nitrogens with zero attached hydrogens (tertiary/aromatic N) is 5. The third-order valence-electron chi connectivity index (χ3n) is 4.50. The van der Waals surface area contributed by atoms with Crippen LogP contribution in [0.4, 0.5) is 5.82 Å². The summed E-state index contributed by atoms with van der Waals surface area (Å²) in [5, 5.41) is 19.3. The summed E-state index contributed by atoms with van der Waals surface area (Å²) in [6.45, 7) is 8.04. The average molecular weight is 337 g/mol. The normalized spacial score (nSPS) is 16.5. The maximum absolute atomic E-state index is 10.4. The number of piperazine rings is 1. The summed E-state index contributed by atoms with van der Waals surface area (Å²) in [5.74, 6) is 1.78. The molecule has 130 valence electrons. The Labute approximate surface area is 148 Å². The number of rotatable bonds is 4. The third kappa shape index (κ3) is 4.32. The summed E-state index contributed by atoms with van der Waals surface area (Å²) < 4.78 is 0. The molecule has 1 aliphatic heterocycles. The van der Waals surface area contributed by atoms with Crippen molar-refractivity contribution in [1.82, 2.24) is 14.9 Å². The minimum absolute atomic E-state index is 0.539. The molecule has 0 saturated carbocycles. The number of aromatic nitrogens is 2. The molecule has 1 aromatic carbocycles. The lowest BCUT2D eigenvalue weighted by molar-refractivity contribution is 0.109. The Morgan fingerprint density at radius 1 is 1.12 bits per heavy atom. The first kappa shape index (κ1) is 17.3. The minimum atomic E-state index is -0.539. The van der Waals surface area contributed by atoms with Gasteiger partial charge < -0.3 is 10.0 Å². The van der Waals surface area contributed by atoms with Gasteiger partial charge in [0.1, 0.15) is 11.6 Å². The standard InChI is InChI=1S/C19H23N5O/c1-14-11-19(22-15(2)21-14)24-9-7-23(8-10-24)13-18(25)17-5-3-16(12-20)4-6-17/h3-6,11,18,25H,7-10,13H2,1-2H3. The minimum Gasteiger partial charge on any atom is -0.387 e. The van der Waals surface area contributed by atoms with Gasteiger partial charge in [-0.1, -0.05) is 12.1 Å². The molecule has 0 aliphatic carbocycles. The number of aliphatic hydroxyl groups excluding tert-OH is 1. The number of aliphatic hydroxyl groups is 1. The summed E-state index contributed by atoms with van der Waals surface area (Å²) in [7, 11) is 0. The highest BCUT2D eigenvalue weighted by Gasteiger charge is 2.21. The topological polar surface area (TPSA) is 76.3 Å². The number of hydrogen-bond donors (Lipinski definition) is 1. The lowest BCUT2D eigenvalue weighted by atomic mass is 10.1. The van der Waals surface area contributed by atoms with E-state index in [0.29, 0.717) is 12.1 Å². The Morgan fingerprint density at radius 2 is 1.80 bits per heavy atom. The second kappa shape index (κ2) is 7.60. The monoisotopic (exact) mass is 337 g/mol. The molecule has 6 heteroatoms. The van der Waals surface area contributed by atoms with E-state index in [0.717, 1.165) is 49.1 Å². The van der Waals surface area contributed by atoms with Crippen molar-refractivity contribution in [3.63, 3.8) is 0 Å². The van der Waals surface area contributed by atoms with Crippen LogP contribution in [-0.2, 0) is 0 Å².